The van der Waals surface area contributed by atoms with E-state index in [1.54, 1.807) is 24.4 Å². The third-order valence-corrected chi connectivity index (χ3v) is 7.81. The minimum Gasteiger partial charge on any atom is -0.395 e. The number of aliphatic hydroxyl groups is 1. The fourth-order valence-corrected chi connectivity index (χ4v) is 5.55. The van der Waals surface area contributed by atoms with Crippen LogP contribution in [-0.4, -0.2) is 75.1 Å². The lowest BCUT2D eigenvalue weighted by Gasteiger charge is -2.39. The molecule has 37 heavy (non-hydrogen) atoms. The van der Waals surface area contributed by atoms with Crippen LogP contribution in [0.3, 0.4) is 0 Å². The summed E-state index contributed by atoms with van der Waals surface area (Å²) in [5, 5.41) is 15.3. The van der Waals surface area contributed by atoms with E-state index in [4.69, 9.17) is 11.6 Å². The summed E-state index contributed by atoms with van der Waals surface area (Å²) in [7, 11) is 1.96. The number of thioether (sulfide) groups is 1. The number of rotatable bonds is 4. The number of fused-ring (bicyclic) bond motifs is 1. The van der Waals surface area contributed by atoms with Gasteiger partial charge in [0.2, 0.25) is 0 Å². The van der Waals surface area contributed by atoms with Gasteiger partial charge in [-0.1, -0.05) is 23.7 Å². The van der Waals surface area contributed by atoms with Gasteiger partial charge in [-0.15, -0.1) is 0 Å². The molecular formula is C25H23ClF3N5O2S. The van der Waals surface area contributed by atoms with E-state index in [1.165, 1.54) is 28.6 Å². The number of halogens is 4. The van der Waals surface area contributed by atoms with E-state index < -0.39 is 11.7 Å². The molecule has 194 valence electrons. The average Bonchev–Trinajstić information content (AvgIpc) is 3.42. The zero-order valence-corrected chi connectivity index (χ0v) is 21.3. The Labute approximate surface area is 220 Å². The number of amides is 1. The minimum absolute atomic E-state index is 0.0146. The van der Waals surface area contributed by atoms with Crippen molar-refractivity contribution in [3.8, 4) is 0 Å². The SMILES string of the molecule is CN1CCN(C2=NC(=O)/C(=C/c3ccc4c(cnn4Cc4ccc(Cl)cc4C(F)(F)F)c3)S2)C[C@@H]1CO. The molecule has 0 spiro atoms. The van der Waals surface area contributed by atoms with Gasteiger partial charge in [0.05, 0.1) is 41.4 Å². The number of aliphatic imine (C=N–C) groups is 1. The summed E-state index contributed by atoms with van der Waals surface area (Å²) < 4.78 is 42.0. The van der Waals surface area contributed by atoms with Crippen molar-refractivity contribution in [2.45, 2.75) is 18.8 Å². The highest BCUT2D eigenvalue weighted by molar-refractivity contribution is 8.18. The highest BCUT2D eigenvalue weighted by Crippen LogP contribution is 2.35. The molecule has 0 saturated carbocycles. The maximum Gasteiger partial charge on any atom is 0.416 e. The molecule has 1 N–H and O–H groups in total. The summed E-state index contributed by atoms with van der Waals surface area (Å²) in [4.78, 5) is 21.4. The molecule has 0 bridgehead atoms. The second-order valence-electron chi connectivity index (χ2n) is 8.99. The average molecular weight is 550 g/mol. The molecule has 2 aromatic carbocycles. The van der Waals surface area contributed by atoms with Crippen LogP contribution < -0.4 is 0 Å². The Morgan fingerprint density at radius 1 is 1.22 bits per heavy atom. The third kappa shape index (κ3) is 5.40. The Hall–Kier alpha value is -2.86. The van der Waals surface area contributed by atoms with E-state index >= 15 is 0 Å². The number of benzene rings is 2. The molecule has 12 heteroatoms. The van der Waals surface area contributed by atoms with Crippen molar-refractivity contribution < 1.29 is 23.1 Å². The second kappa shape index (κ2) is 10.1. The molecule has 1 atom stereocenters. The van der Waals surface area contributed by atoms with Gasteiger partial charge in [0.1, 0.15) is 0 Å². The molecule has 0 radical (unpaired) electrons. The molecule has 3 aromatic rings. The number of alkyl halides is 3. The number of carbonyl (C=O) groups is 1. The molecule has 3 heterocycles. The molecule has 2 aliphatic heterocycles. The number of hydrogen-bond donors (Lipinski definition) is 1. The van der Waals surface area contributed by atoms with Gasteiger partial charge in [0, 0.05) is 30.0 Å². The van der Waals surface area contributed by atoms with Crippen molar-refractivity contribution in [2.75, 3.05) is 33.3 Å². The summed E-state index contributed by atoms with van der Waals surface area (Å²) in [5.74, 6) is -0.322. The van der Waals surface area contributed by atoms with Gasteiger partial charge in [0.25, 0.3) is 5.91 Å². The highest BCUT2D eigenvalue weighted by atomic mass is 35.5. The monoisotopic (exact) mass is 549 g/mol. The molecule has 0 aliphatic carbocycles. The van der Waals surface area contributed by atoms with Crippen LogP contribution in [0.15, 0.2) is 52.5 Å². The number of aliphatic hydroxyl groups excluding tert-OH is 1. The summed E-state index contributed by atoms with van der Waals surface area (Å²) in [6.07, 6.45) is -1.19. The highest BCUT2D eigenvalue weighted by Gasteiger charge is 2.34. The molecule has 1 aromatic heterocycles. The topological polar surface area (TPSA) is 74.0 Å². The Kier molecular flexibility index (Phi) is 7.06. The molecule has 0 unspecified atom stereocenters. The Morgan fingerprint density at radius 2 is 2.03 bits per heavy atom. The third-order valence-electron chi connectivity index (χ3n) is 6.53. The second-order valence-corrected chi connectivity index (χ2v) is 10.4. The van der Waals surface area contributed by atoms with Gasteiger partial charge in [-0.05, 0) is 60.3 Å². The quantitative estimate of drug-likeness (QED) is 0.488. The van der Waals surface area contributed by atoms with E-state index in [-0.39, 0.29) is 35.7 Å². The molecule has 1 fully saturated rings. The van der Waals surface area contributed by atoms with Crippen molar-refractivity contribution >= 4 is 51.4 Å². The van der Waals surface area contributed by atoms with Crippen molar-refractivity contribution in [3.63, 3.8) is 0 Å². The van der Waals surface area contributed by atoms with Crippen LogP contribution in [0.2, 0.25) is 5.02 Å². The Balaban J connectivity index is 1.34. The Morgan fingerprint density at radius 3 is 2.78 bits per heavy atom. The zero-order valence-electron chi connectivity index (χ0n) is 19.7. The van der Waals surface area contributed by atoms with Crippen molar-refractivity contribution in [3.05, 3.63) is 69.2 Å². The van der Waals surface area contributed by atoms with Gasteiger partial charge in [-0.2, -0.15) is 23.3 Å². The van der Waals surface area contributed by atoms with Crippen LogP contribution in [-0.2, 0) is 17.5 Å². The van der Waals surface area contributed by atoms with Crippen LogP contribution in [0, 0.1) is 0 Å². The Bertz CT molecular complexity index is 1420. The lowest BCUT2D eigenvalue weighted by molar-refractivity contribution is -0.138. The summed E-state index contributed by atoms with van der Waals surface area (Å²) in [5.41, 5.74) is 0.704. The maximum absolute atomic E-state index is 13.5. The molecule has 5 rings (SSSR count). The number of likely N-dealkylation sites (N-methyl/N-ethyl adjacent to an activating group) is 1. The number of aromatic nitrogens is 2. The summed E-state index contributed by atoms with van der Waals surface area (Å²) >= 11 is 7.09. The normalized spacial score (nSPS) is 20.3. The molecule has 7 nitrogen and oxygen atoms in total. The zero-order chi connectivity index (χ0) is 26.3. The first-order valence-electron chi connectivity index (χ1n) is 11.5. The lowest BCUT2D eigenvalue weighted by atomic mass is 10.1. The van der Waals surface area contributed by atoms with Crippen molar-refractivity contribution in [2.24, 2.45) is 4.99 Å². The van der Waals surface area contributed by atoms with Crippen LogP contribution >= 0.6 is 23.4 Å². The number of amidine groups is 1. The lowest BCUT2D eigenvalue weighted by Crippen LogP contribution is -2.53. The largest absolute Gasteiger partial charge is 0.416 e. The van der Waals surface area contributed by atoms with E-state index in [2.05, 4.69) is 15.0 Å². The van der Waals surface area contributed by atoms with Crippen LogP contribution in [0.1, 0.15) is 16.7 Å². The van der Waals surface area contributed by atoms with E-state index in [1.807, 2.05) is 18.0 Å². The number of nitrogens with zero attached hydrogens (tertiary/aromatic N) is 5. The van der Waals surface area contributed by atoms with Gasteiger partial charge in [0.15, 0.2) is 5.17 Å². The molecule has 2 aliphatic rings. The molecular weight excluding hydrogens is 527 g/mol. The van der Waals surface area contributed by atoms with E-state index in [0.29, 0.717) is 28.7 Å². The fraction of sp³-hybridized carbons (Fsp3) is 0.320. The number of carbonyl (C=O) groups excluding carboxylic acids is 1. The first kappa shape index (κ1) is 25.8. The molecule has 1 amide bonds. The van der Waals surface area contributed by atoms with Crippen LogP contribution in [0.5, 0.6) is 0 Å². The van der Waals surface area contributed by atoms with Crippen molar-refractivity contribution in [1.82, 2.24) is 19.6 Å². The smallest absolute Gasteiger partial charge is 0.395 e. The predicted octanol–water partition coefficient (Wildman–Crippen LogP) is 4.34. The van der Waals surface area contributed by atoms with Gasteiger partial charge < -0.3 is 10.0 Å². The van der Waals surface area contributed by atoms with E-state index in [0.717, 1.165) is 23.6 Å². The van der Waals surface area contributed by atoms with Crippen molar-refractivity contribution in [1.29, 1.82) is 0 Å². The number of hydrogen-bond acceptors (Lipinski definition) is 6. The standard InChI is InChI=1S/C25H23ClF3N5O2S/c1-32-6-7-33(13-19(32)14-35)24-31-23(36)22(37-24)9-15-2-5-21-17(8-15)11-30-34(21)12-16-3-4-18(26)10-20(16)25(27,28)29/h2-5,8-11,19,35H,6-7,12-14H2,1H3/b22-9-/t19-/m1/s1. The van der Waals surface area contributed by atoms with Gasteiger partial charge in [-0.3, -0.25) is 14.4 Å². The minimum atomic E-state index is -4.53. The van der Waals surface area contributed by atoms with Gasteiger partial charge in [-0.25, -0.2) is 0 Å². The maximum atomic E-state index is 13.5. The predicted molar refractivity (Wildman–Crippen MR) is 138 cm³/mol. The summed E-state index contributed by atoms with van der Waals surface area (Å²) in [6.45, 7) is 2.04. The summed E-state index contributed by atoms with van der Waals surface area (Å²) in [6, 6.07) is 9.11. The first-order chi connectivity index (χ1) is 17.6. The fourth-order valence-electron chi connectivity index (χ4n) is 4.43. The van der Waals surface area contributed by atoms with E-state index in [9.17, 15) is 23.1 Å². The van der Waals surface area contributed by atoms with Crippen LogP contribution in [0.25, 0.3) is 17.0 Å². The first-order valence-corrected chi connectivity index (χ1v) is 12.7. The van der Waals surface area contributed by atoms with Crippen LogP contribution in [0.4, 0.5) is 13.2 Å². The number of piperazine rings is 1. The molecule has 1 saturated heterocycles. The van der Waals surface area contributed by atoms with Gasteiger partial charge >= 0.3 is 6.18 Å².